The molecule has 0 N–H and O–H groups in total. The summed E-state index contributed by atoms with van der Waals surface area (Å²) < 4.78 is 16.6. The van der Waals surface area contributed by atoms with E-state index in [0.717, 1.165) is 77.0 Å². The first-order valence-electron chi connectivity index (χ1n) is 22.1. The average Bonchev–Trinajstić information content (AvgIpc) is 3.15. The van der Waals surface area contributed by atoms with E-state index in [1.165, 1.54) is 89.9 Å². The number of carbonyl (C=O) groups is 3. The summed E-state index contributed by atoms with van der Waals surface area (Å²) in [5, 5.41) is 0. The number of unbranched alkanes of at least 4 members (excludes halogenated alkanes) is 20. The molecule has 0 saturated heterocycles. The molecule has 0 aliphatic carbocycles. The minimum atomic E-state index is -0.799. The molecule has 0 rings (SSSR count). The van der Waals surface area contributed by atoms with Gasteiger partial charge in [-0.3, -0.25) is 14.4 Å². The third-order valence-electron chi connectivity index (χ3n) is 9.32. The van der Waals surface area contributed by atoms with Gasteiger partial charge in [0, 0.05) is 19.3 Å². The lowest BCUT2D eigenvalue weighted by molar-refractivity contribution is -0.167. The highest BCUT2D eigenvalue weighted by Crippen LogP contribution is 2.13. The molecular weight excluding hydrogens is 661 g/mol. The fourth-order valence-corrected chi connectivity index (χ4v) is 5.99. The number of rotatable bonds is 39. The number of ether oxygens (including phenoxy) is 3. The van der Waals surface area contributed by atoms with Gasteiger partial charge in [-0.1, -0.05) is 172 Å². The monoisotopic (exact) mass is 743 g/mol. The highest BCUT2D eigenvalue weighted by Gasteiger charge is 2.19. The third kappa shape index (κ3) is 40.4. The zero-order valence-electron chi connectivity index (χ0n) is 34.8. The highest BCUT2D eigenvalue weighted by molar-refractivity contribution is 5.71. The van der Waals surface area contributed by atoms with Crippen molar-refractivity contribution in [1.29, 1.82) is 0 Å². The van der Waals surface area contributed by atoms with Crippen molar-refractivity contribution >= 4 is 17.9 Å². The third-order valence-corrected chi connectivity index (χ3v) is 9.32. The minimum Gasteiger partial charge on any atom is -0.462 e. The summed E-state index contributed by atoms with van der Waals surface area (Å²) in [5.74, 6) is -0.972. The lowest BCUT2D eigenvalue weighted by Gasteiger charge is -2.18. The summed E-state index contributed by atoms with van der Waals surface area (Å²) >= 11 is 0. The van der Waals surface area contributed by atoms with Crippen LogP contribution in [0.5, 0.6) is 0 Å². The van der Waals surface area contributed by atoms with Crippen molar-refractivity contribution in [3.8, 4) is 0 Å². The molecule has 0 aliphatic rings. The molecule has 0 spiro atoms. The quantitative estimate of drug-likeness (QED) is 0.0270. The van der Waals surface area contributed by atoms with Crippen LogP contribution in [0.15, 0.2) is 48.6 Å². The van der Waals surface area contributed by atoms with Crippen LogP contribution in [0.1, 0.15) is 213 Å². The Hall–Kier alpha value is -2.63. The van der Waals surface area contributed by atoms with Gasteiger partial charge in [0.15, 0.2) is 6.10 Å². The molecule has 0 saturated carbocycles. The Balaban J connectivity index is 4.45. The van der Waals surface area contributed by atoms with Gasteiger partial charge >= 0.3 is 17.9 Å². The molecule has 0 fully saturated rings. The molecule has 0 amide bonds. The van der Waals surface area contributed by atoms with Gasteiger partial charge in [-0.25, -0.2) is 0 Å². The van der Waals surface area contributed by atoms with Crippen LogP contribution in [0, 0.1) is 0 Å². The largest absolute Gasteiger partial charge is 0.462 e. The molecule has 6 nitrogen and oxygen atoms in total. The van der Waals surface area contributed by atoms with Crippen molar-refractivity contribution in [2.24, 2.45) is 0 Å². The predicted molar refractivity (Wildman–Crippen MR) is 224 cm³/mol. The van der Waals surface area contributed by atoms with Crippen LogP contribution in [0.3, 0.4) is 0 Å². The minimum absolute atomic E-state index is 0.0966. The molecule has 0 aromatic carbocycles. The second-order valence-electron chi connectivity index (χ2n) is 14.6. The zero-order valence-corrected chi connectivity index (χ0v) is 34.8. The number of carbonyl (C=O) groups excluding carboxylic acids is 3. The molecule has 1 unspecified atom stereocenters. The van der Waals surface area contributed by atoms with Crippen LogP contribution in [-0.4, -0.2) is 37.2 Å². The van der Waals surface area contributed by atoms with Crippen LogP contribution >= 0.6 is 0 Å². The zero-order chi connectivity index (χ0) is 38.7. The molecule has 6 heteroatoms. The number of hydrogen-bond acceptors (Lipinski definition) is 6. The molecule has 0 aliphatic heterocycles. The van der Waals surface area contributed by atoms with Crippen LogP contribution < -0.4 is 0 Å². The molecule has 53 heavy (non-hydrogen) atoms. The van der Waals surface area contributed by atoms with Crippen LogP contribution in [0.25, 0.3) is 0 Å². The topological polar surface area (TPSA) is 78.9 Å². The predicted octanol–water partition coefficient (Wildman–Crippen LogP) is 14.0. The maximum Gasteiger partial charge on any atom is 0.306 e. The van der Waals surface area contributed by atoms with Gasteiger partial charge in [0.05, 0.1) is 0 Å². The van der Waals surface area contributed by atoms with Gasteiger partial charge in [-0.2, -0.15) is 0 Å². The van der Waals surface area contributed by atoms with E-state index < -0.39 is 6.10 Å². The average molecular weight is 743 g/mol. The Morgan fingerprint density at radius 3 is 1.25 bits per heavy atom. The van der Waals surface area contributed by atoms with Crippen LogP contribution in [0.2, 0.25) is 0 Å². The van der Waals surface area contributed by atoms with Crippen molar-refractivity contribution in [2.45, 2.75) is 219 Å². The first kappa shape index (κ1) is 50.4. The first-order valence-corrected chi connectivity index (χ1v) is 22.1. The Kier molecular flexibility index (Phi) is 40.0. The standard InChI is InChI=1S/C47H82O6/c1-4-7-10-13-16-19-22-23-26-28-31-34-37-40-46(49)52-43-44(53-47(50)41-38-35-32-29-25-21-18-15-12-9-6-3)42-51-45(48)39-36-33-30-27-24-20-17-14-11-8-5-2/h9,12,18,21,23,26,29,32,44H,4-8,10-11,13-17,19-20,22,24-25,27-28,30-31,33-43H2,1-3H3/b12-9-,21-18-,26-23-,32-29-. The number of allylic oxidation sites excluding steroid dienone is 8. The van der Waals surface area contributed by atoms with Gasteiger partial charge in [0.1, 0.15) is 13.2 Å². The summed E-state index contributed by atoms with van der Waals surface area (Å²) in [4.78, 5) is 37.6. The van der Waals surface area contributed by atoms with Crippen molar-refractivity contribution in [3.05, 3.63) is 48.6 Å². The second-order valence-corrected chi connectivity index (χ2v) is 14.6. The highest BCUT2D eigenvalue weighted by atomic mass is 16.6. The number of hydrogen-bond donors (Lipinski definition) is 0. The molecule has 0 bridgehead atoms. The van der Waals surface area contributed by atoms with E-state index in [4.69, 9.17) is 14.2 Å². The summed E-state index contributed by atoms with van der Waals surface area (Å²) in [6.45, 7) is 6.43. The maximum atomic E-state index is 12.6. The van der Waals surface area contributed by atoms with Crippen molar-refractivity contribution in [1.82, 2.24) is 0 Å². The maximum absolute atomic E-state index is 12.6. The van der Waals surface area contributed by atoms with E-state index in [1.54, 1.807) is 0 Å². The van der Waals surface area contributed by atoms with Gasteiger partial charge in [0.25, 0.3) is 0 Å². The van der Waals surface area contributed by atoms with Crippen LogP contribution in [-0.2, 0) is 28.6 Å². The fourth-order valence-electron chi connectivity index (χ4n) is 5.99. The Morgan fingerprint density at radius 1 is 0.396 bits per heavy atom. The van der Waals surface area contributed by atoms with E-state index >= 15 is 0 Å². The summed E-state index contributed by atoms with van der Waals surface area (Å²) in [7, 11) is 0. The smallest absolute Gasteiger partial charge is 0.306 e. The van der Waals surface area contributed by atoms with Gasteiger partial charge < -0.3 is 14.2 Å². The lowest BCUT2D eigenvalue weighted by atomic mass is 10.1. The van der Waals surface area contributed by atoms with E-state index in [2.05, 4.69) is 69.4 Å². The van der Waals surface area contributed by atoms with E-state index in [-0.39, 0.29) is 37.5 Å². The molecule has 0 radical (unpaired) electrons. The van der Waals surface area contributed by atoms with Gasteiger partial charge in [-0.15, -0.1) is 0 Å². The Morgan fingerprint density at radius 2 is 0.755 bits per heavy atom. The molecule has 1 atom stereocenters. The van der Waals surface area contributed by atoms with E-state index in [9.17, 15) is 14.4 Å². The molecule has 0 heterocycles. The lowest BCUT2D eigenvalue weighted by Crippen LogP contribution is -2.30. The van der Waals surface area contributed by atoms with Crippen molar-refractivity contribution < 1.29 is 28.6 Å². The van der Waals surface area contributed by atoms with Crippen LogP contribution in [0.4, 0.5) is 0 Å². The summed E-state index contributed by atoms with van der Waals surface area (Å²) in [5.41, 5.74) is 0. The molecule has 0 aromatic heterocycles. The molecular formula is C47H82O6. The van der Waals surface area contributed by atoms with Crippen molar-refractivity contribution in [2.75, 3.05) is 13.2 Å². The Labute approximate surface area is 327 Å². The van der Waals surface area contributed by atoms with Gasteiger partial charge in [-0.05, 0) is 70.6 Å². The van der Waals surface area contributed by atoms with Crippen molar-refractivity contribution in [3.63, 3.8) is 0 Å². The number of esters is 3. The summed E-state index contributed by atoms with van der Waals surface area (Å²) in [6.07, 6.45) is 48.2. The second kappa shape index (κ2) is 42.1. The van der Waals surface area contributed by atoms with Gasteiger partial charge in [0.2, 0.25) is 0 Å². The van der Waals surface area contributed by atoms with E-state index in [0.29, 0.717) is 19.3 Å². The Bertz CT molecular complexity index is 949. The SMILES string of the molecule is CC/C=C\C/C=C\C/C=C\CCCC(=O)OC(COC(=O)CCCCC/C=C\CCCCCCCC)COC(=O)CCCCCCCCCCCCC. The van der Waals surface area contributed by atoms with E-state index in [1.807, 2.05) is 0 Å². The summed E-state index contributed by atoms with van der Waals surface area (Å²) in [6, 6.07) is 0. The molecule has 306 valence electrons. The molecule has 0 aromatic rings. The normalized spacial score (nSPS) is 12.4. The fraction of sp³-hybridized carbons (Fsp3) is 0.766. The first-order chi connectivity index (χ1) is 26.0.